The fourth-order valence-electron chi connectivity index (χ4n) is 2.61. The SMILES string of the molecule is CCCC(C)C(=O)N(CC(N)=S)C1CCCC1. The zero-order chi connectivity index (χ0) is 12.8. The summed E-state index contributed by atoms with van der Waals surface area (Å²) in [7, 11) is 0. The molecule has 0 aromatic heterocycles. The zero-order valence-electron chi connectivity index (χ0n) is 10.9. The monoisotopic (exact) mass is 256 g/mol. The fraction of sp³-hybridized carbons (Fsp3) is 0.846. The van der Waals surface area contributed by atoms with Crippen molar-refractivity contribution < 1.29 is 4.79 Å². The van der Waals surface area contributed by atoms with Crippen molar-refractivity contribution in [2.45, 2.75) is 58.4 Å². The average molecular weight is 256 g/mol. The van der Waals surface area contributed by atoms with Crippen LogP contribution in [0, 0.1) is 5.92 Å². The summed E-state index contributed by atoms with van der Waals surface area (Å²) in [5.74, 6) is 0.321. The molecular formula is C13H24N2OS. The van der Waals surface area contributed by atoms with Crippen molar-refractivity contribution in [2.75, 3.05) is 6.54 Å². The number of carbonyl (C=O) groups is 1. The summed E-state index contributed by atoms with van der Waals surface area (Å²) in [5.41, 5.74) is 5.61. The van der Waals surface area contributed by atoms with E-state index in [4.69, 9.17) is 18.0 Å². The zero-order valence-corrected chi connectivity index (χ0v) is 11.8. The molecule has 2 N–H and O–H groups in total. The normalized spacial score (nSPS) is 18.0. The maximum absolute atomic E-state index is 12.4. The fourth-order valence-corrected chi connectivity index (χ4v) is 2.75. The summed E-state index contributed by atoms with van der Waals surface area (Å²) in [6.45, 7) is 4.57. The molecule has 1 aliphatic carbocycles. The van der Waals surface area contributed by atoms with Gasteiger partial charge in [0.1, 0.15) is 0 Å². The summed E-state index contributed by atoms with van der Waals surface area (Å²) < 4.78 is 0. The van der Waals surface area contributed by atoms with Crippen LogP contribution in [0.5, 0.6) is 0 Å². The predicted octanol–water partition coefficient (Wildman–Crippen LogP) is 2.48. The lowest BCUT2D eigenvalue weighted by atomic mass is 10.0. The first kappa shape index (κ1) is 14.4. The predicted molar refractivity (Wildman–Crippen MR) is 74.8 cm³/mol. The molecule has 0 aromatic rings. The maximum Gasteiger partial charge on any atom is 0.226 e. The Morgan fingerprint density at radius 2 is 2.06 bits per heavy atom. The maximum atomic E-state index is 12.4. The van der Waals surface area contributed by atoms with Crippen molar-refractivity contribution in [1.29, 1.82) is 0 Å². The van der Waals surface area contributed by atoms with E-state index in [1.807, 2.05) is 11.8 Å². The number of carbonyl (C=O) groups excluding carboxylic acids is 1. The van der Waals surface area contributed by atoms with Crippen LogP contribution in [0.3, 0.4) is 0 Å². The molecule has 0 radical (unpaired) electrons. The van der Waals surface area contributed by atoms with Gasteiger partial charge >= 0.3 is 0 Å². The van der Waals surface area contributed by atoms with E-state index in [-0.39, 0.29) is 11.8 Å². The molecule has 1 aliphatic rings. The van der Waals surface area contributed by atoms with Crippen LogP contribution in [0.2, 0.25) is 0 Å². The van der Waals surface area contributed by atoms with Gasteiger partial charge in [0.2, 0.25) is 5.91 Å². The van der Waals surface area contributed by atoms with E-state index in [9.17, 15) is 4.79 Å². The second kappa shape index (κ2) is 6.94. The van der Waals surface area contributed by atoms with Crippen LogP contribution >= 0.6 is 12.2 Å². The lowest BCUT2D eigenvalue weighted by molar-refractivity contribution is -0.136. The Morgan fingerprint density at radius 1 is 1.47 bits per heavy atom. The third kappa shape index (κ3) is 4.26. The van der Waals surface area contributed by atoms with Crippen molar-refractivity contribution in [3.8, 4) is 0 Å². The molecular weight excluding hydrogens is 232 g/mol. The van der Waals surface area contributed by atoms with Gasteiger partial charge in [-0.2, -0.15) is 0 Å². The topological polar surface area (TPSA) is 46.3 Å². The molecule has 17 heavy (non-hydrogen) atoms. The highest BCUT2D eigenvalue weighted by atomic mass is 32.1. The molecule has 0 aliphatic heterocycles. The van der Waals surface area contributed by atoms with Crippen molar-refractivity contribution in [2.24, 2.45) is 11.7 Å². The molecule has 0 saturated heterocycles. The van der Waals surface area contributed by atoms with Gasteiger partial charge in [0, 0.05) is 12.0 Å². The van der Waals surface area contributed by atoms with Gasteiger partial charge in [-0.15, -0.1) is 0 Å². The van der Waals surface area contributed by atoms with Crippen LogP contribution in [0.1, 0.15) is 52.4 Å². The molecule has 1 saturated carbocycles. The van der Waals surface area contributed by atoms with E-state index >= 15 is 0 Å². The van der Waals surface area contributed by atoms with E-state index in [1.165, 1.54) is 12.8 Å². The van der Waals surface area contributed by atoms with Crippen LogP contribution in [-0.4, -0.2) is 28.4 Å². The molecule has 1 amide bonds. The molecule has 0 aromatic carbocycles. The lowest BCUT2D eigenvalue weighted by Gasteiger charge is -2.31. The minimum Gasteiger partial charge on any atom is -0.392 e. The Labute approximate surface area is 110 Å². The van der Waals surface area contributed by atoms with Gasteiger partial charge in [0.15, 0.2) is 0 Å². The number of nitrogens with two attached hydrogens (primary N) is 1. The van der Waals surface area contributed by atoms with Gasteiger partial charge in [-0.1, -0.05) is 45.3 Å². The first-order chi connectivity index (χ1) is 8.06. The minimum absolute atomic E-state index is 0.0925. The van der Waals surface area contributed by atoms with Crippen LogP contribution in [0.15, 0.2) is 0 Å². The number of hydrogen-bond donors (Lipinski definition) is 1. The van der Waals surface area contributed by atoms with E-state index in [1.54, 1.807) is 0 Å². The van der Waals surface area contributed by atoms with Gasteiger partial charge < -0.3 is 10.6 Å². The molecule has 98 valence electrons. The van der Waals surface area contributed by atoms with Crippen molar-refractivity contribution in [1.82, 2.24) is 4.90 Å². The second-order valence-corrected chi connectivity index (χ2v) is 5.58. The van der Waals surface area contributed by atoms with Crippen molar-refractivity contribution in [3.05, 3.63) is 0 Å². The molecule has 4 heteroatoms. The number of nitrogens with zero attached hydrogens (tertiary/aromatic N) is 1. The number of hydrogen-bond acceptors (Lipinski definition) is 2. The highest BCUT2D eigenvalue weighted by Crippen LogP contribution is 2.25. The summed E-state index contributed by atoms with van der Waals surface area (Å²) in [5, 5.41) is 0. The van der Waals surface area contributed by atoms with E-state index in [2.05, 4.69) is 6.92 Å². The van der Waals surface area contributed by atoms with E-state index < -0.39 is 0 Å². The second-order valence-electron chi connectivity index (χ2n) is 5.06. The molecule has 0 bridgehead atoms. The quantitative estimate of drug-likeness (QED) is 0.743. The third-order valence-corrected chi connectivity index (χ3v) is 3.65. The lowest BCUT2D eigenvalue weighted by Crippen LogP contribution is -2.45. The molecule has 1 atom stereocenters. The van der Waals surface area contributed by atoms with Crippen LogP contribution in [-0.2, 0) is 4.79 Å². The molecule has 1 unspecified atom stereocenters. The highest BCUT2D eigenvalue weighted by molar-refractivity contribution is 7.80. The van der Waals surface area contributed by atoms with E-state index in [0.29, 0.717) is 17.6 Å². The van der Waals surface area contributed by atoms with Crippen molar-refractivity contribution in [3.63, 3.8) is 0 Å². The molecule has 1 fully saturated rings. The first-order valence-electron chi connectivity index (χ1n) is 6.65. The molecule has 3 nitrogen and oxygen atoms in total. The summed E-state index contributed by atoms with van der Waals surface area (Å²) >= 11 is 4.96. The third-order valence-electron chi connectivity index (χ3n) is 3.52. The highest BCUT2D eigenvalue weighted by Gasteiger charge is 2.29. The number of amides is 1. The molecule has 0 heterocycles. The Morgan fingerprint density at radius 3 is 2.53 bits per heavy atom. The summed E-state index contributed by atoms with van der Waals surface area (Å²) in [6, 6.07) is 0.364. The van der Waals surface area contributed by atoms with Crippen molar-refractivity contribution >= 4 is 23.1 Å². The van der Waals surface area contributed by atoms with Gasteiger partial charge in [-0.05, 0) is 19.3 Å². The molecule has 0 spiro atoms. The number of thiocarbonyl (C=S) groups is 1. The Bertz CT molecular complexity index is 275. The average Bonchev–Trinajstić information content (AvgIpc) is 2.78. The van der Waals surface area contributed by atoms with E-state index in [0.717, 1.165) is 25.7 Å². The number of rotatable bonds is 6. The molecule has 1 rings (SSSR count). The Hall–Kier alpha value is -0.640. The Kier molecular flexibility index (Phi) is 5.89. The van der Waals surface area contributed by atoms with Gasteiger partial charge in [0.05, 0.1) is 11.5 Å². The van der Waals surface area contributed by atoms with Crippen LogP contribution in [0.4, 0.5) is 0 Å². The van der Waals surface area contributed by atoms with Gasteiger partial charge in [0.25, 0.3) is 0 Å². The van der Waals surface area contributed by atoms with Gasteiger partial charge in [-0.25, -0.2) is 0 Å². The summed E-state index contributed by atoms with van der Waals surface area (Å²) in [6.07, 6.45) is 6.63. The first-order valence-corrected chi connectivity index (χ1v) is 7.05. The standard InChI is InChI=1S/C13H24N2OS/c1-3-6-10(2)13(16)15(9-12(14)17)11-7-4-5-8-11/h10-11H,3-9H2,1-2H3,(H2,14,17). The summed E-state index contributed by atoms with van der Waals surface area (Å²) in [4.78, 5) is 14.7. The largest absolute Gasteiger partial charge is 0.392 e. The van der Waals surface area contributed by atoms with Gasteiger partial charge in [-0.3, -0.25) is 4.79 Å². The van der Waals surface area contributed by atoms with Crippen LogP contribution in [0.25, 0.3) is 0 Å². The minimum atomic E-state index is 0.0925. The Balaban J connectivity index is 2.67. The smallest absolute Gasteiger partial charge is 0.226 e. The van der Waals surface area contributed by atoms with Crippen LogP contribution < -0.4 is 5.73 Å².